The molecule has 2 aromatic carbocycles. The number of carbonyl (C=O) groups excluding carboxylic acids is 2. The average Bonchev–Trinajstić information content (AvgIpc) is 2.98. The van der Waals surface area contributed by atoms with Gasteiger partial charge in [0, 0.05) is 22.4 Å². The third-order valence-electron chi connectivity index (χ3n) is 3.80. The number of Topliss-reactive ketones (excluding diaryl/α,β-unsaturated/α-hetero) is 2. The Hall–Kier alpha value is -2.33. The highest BCUT2D eigenvalue weighted by molar-refractivity contribution is 7.99. The number of rotatable bonds is 2. The Morgan fingerprint density at radius 3 is 2.32 bits per heavy atom. The monoisotopic (exact) mass is 308 g/mol. The molecule has 108 valence electrons. The lowest BCUT2D eigenvalue weighted by Crippen LogP contribution is -2.22. The SMILES string of the molecule is O=C1C(=O)c2ccccc2C2=C1CC(Sc1ccccc1)O2. The lowest BCUT2D eigenvalue weighted by atomic mass is 9.88. The molecule has 3 nitrogen and oxygen atoms in total. The van der Waals surface area contributed by atoms with E-state index in [0.717, 1.165) is 10.5 Å². The van der Waals surface area contributed by atoms with Gasteiger partial charge in [-0.15, -0.1) is 0 Å². The Balaban J connectivity index is 1.66. The molecule has 0 saturated heterocycles. The zero-order valence-electron chi connectivity index (χ0n) is 11.6. The molecule has 1 aliphatic heterocycles. The van der Waals surface area contributed by atoms with Gasteiger partial charge in [-0.25, -0.2) is 0 Å². The van der Waals surface area contributed by atoms with Crippen molar-refractivity contribution in [1.29, 1.82) is 0 Å². The summed E-state index contributed by atoms with van der Waals surface area (Å²) in [5.74, 6) is -0.276. The van der Waals surface area contributed by atoms with Crippen molar-refractivity contribution >= 4 is 29.1 Å². The quantitative estimate of drug-likeness (QED) is 0.793. The topological polar surface area (TPSA) is 43.4 Å². The van der Waals surface area contributed by atoms with Crippen LogP contribution in [0.15, 0.2) is 65.1 Å². The van der Waals surface area contributed by atoms with Crippen LogP contribution in [-0.2, 0) is 9.53 Å². The minimum atomic E-state index is -0.427. The molecule has 1 heterocycles. The first kappa shape index (κ1) is 13.3. The highest BCUT2D eigenvalue weighted by atomic mass is 32.2. The second-order valence-corrected chi connectivity index (χ2v) is 6.43. The molecular weight excluding hydrogens is 296 g/mol. The van der Waals surface area contributed by atoms with E-state index in [9.17, 15) is 9.59 Å². The summed E-state index contributed by atoms with van der Waals surface area (Å²) in [7, 11) is 0. The molecular formula is C18H12O3S. The van der Waals surface area contributed by atoms with Crippen molar-refractivity contribution in [2.24, 2.45) is 0 Å². The molecule has 1 unspecified atom stereocenters. The van der Waals surface area contributed by atoms with Crippen molar-refractivity contribution in [2.45, 2.75) is 16.8 Å². The molecule has 4 heteroatoms. The molecule has 1 atom stereocenters. The van der Waals surface area contributed by atoms with Crippen molar-refractivity contribution in [3.63, 3.8) is 0 Å². The molecule has 0 bridgehead atoms. The van der Waals surface area contributed by atoms with Crippen molar-refractivity contribution < 1.29 is 14.3 Å². The fraction of sp³-hybridized carbons (Fsp3) is 0.111. The van der Waals surface area contributed by atoms with Gasteiger partial charge in [-0.3, -0.25) is 9.59 Å². The maximum absolute atomic E-state index is 12.3. The van der Waals surface area contributed by atoms with E-state index in [-0.39, 0.29) is 5.44 Å². The first-order chi connectivity index (χ1) is 10.7. The zero-order chi connectivity index (χ0) is 15.1. The number of hydrogen-bond donors (Lipinski definition) is 0. The van der Waals surface area contributed by atoms with Gasteiger partial charge >= 0.3 is 0 Å². The molecule has 2 aliphatic rings. The fourth-order valence-corrected chi connectivity index (χ4v) is 3.79. The summed E-state index contributed by atoms with van der Waals surface area (Å²) in [5.41, 5.74) is 1.52. The normalized spacial score (nSPS) is 19.7. The predicted octanol–water partition coefficient (Wildman–Crippen LogP) is 3.70. The van der Waals surface area contributed by atoms with E-state index in [0.29, 0.717) is 23.3 Å². The van der Waals surface area contributed by atoms with Crippen molar-refractivity contribution in [3.05, 3.63) is 71.3 Å². The molecule has 0 fully saturated rings. The van der Waals surface area contributed by atoms with E-state index in [1.807, 2.05) is 42.5 Å². The number of hydrogen-bond acceptors (Lipinski definition) is 4. The van der Waals surface area contributed by atoms with Gasteiger partial charge in [0.05, 0.1) is 5.57 Å². The van der Waals surface area contributed by atoms with Crippen LogP contribution in [0, 0.1) is 0 Å². The predicted molar refractivity (Wildman–Crippen MR) is 84.5 cm³/mol. The summed E-state index contributed by atoms with van der Waals surface area (Å²) in [6, 6.07) is 17.0. The second-order valence-electron chi connectivity index (χ2n) is 5.19. The van der Waals surface area contributed by atoms with E-state index >= 15 is 0 Å². The maximum atomic E-state index is 12.3. The van der Waals surface area contributed by atoms with Crippen LogP contribution in [0.4, 0.5) is 0 Å². The molecule has 4 rings (SSSR count). The van der Waals surface area contributed by atoms with Crippen LogP contribution in [0.2, 0.25) is 0 Å². The summed E-state index contributed by atoms with van der Waals surface area (Å²) in [6.07, 6.45) is 0.466. The summed E-state index contributed by atoms with van der Waals surface area (Å²) in [6.45, 7) is 0. The molecule has 0 radical (unpaired) electrons. The Morgan fingerprint density at radius 2 is 1.55 bits per heavy atom. The van der Waals surface area contributed by atoms with Gasteiger partial charge < -0.3 is 4.74 Å². The number of ether oxygens (including phenoxy) is 1. The molecule has 0 spiro atoms. The van der Waals surface area contributed by atoms with Gasteiger partial charge in [0.15, 0.2) is 5.44 Å². The van der Waals surface area contributed by atoms with Crippen molar-refractivity contribution in [2.75, 3.05) is 0 Å². The Kier molecular flexibility index (Phi) is 3.12. The number of ketones is 2. The van der Waals surface area contributed by atoms with Crippen molar-refractivity contribution in [3.8, 4) is 0 Å². The van der Waals surface area contributed by atoms with Gasteiger partial charge in [0.25, 0.3) is 0 Å². The minimum Gasteiger partial charge on any atom is -0.478 e. The number of benzene rings is 2. The number of fused-ring (bicyclic) bond motifs is 2. The van der Waals surface area contributed by atoms with Crippen LogP contribution >= 0.6 is 11.8 Å². The molecule has 0 saturated carbocycles. The Morgan fingerprint density at radius 1 is 0.864 bits per heavy atom. The molecule has 1 aliphatic carbocycles. The standard InChI is InChI=1S/C18H12O3S/c19-16-12-8-4-5-9-13(12)18-14(17(16)20)10-15(21-18)22-11-6-2-1-3-7-11/h1-9,15H,10H2. The highest BCUT2D eigenvalue weighted by Crippen LogP contribution is 2.43. The van der Waals surface area contributed by atoms with Crippen LogP contribution in [0.5, 0.6) is 0 Å². The lowest BCUT2D eigenvalue weighted by Gasteiger charge is -2.16. The van der Waals surface area contributed by atoms with Crippen molar-refractivity contribution in [1.82, 2.24) is 0 Å². The van der Waals surface area contributed by atoms with E-state index in [4.69, 9.17) is 4.74 Å². The van der Waals surface area contributed by atoms with Crippen LogP contribution in [0.25, 0.3) is 5.76 Å². The van der Waals surface area contributed by atoms with Crippen LogP contribution in [0.3, 0.4) is 0 Å². The molecule has 2 aromatic rings. The lowest BCUT2D eigenvalue weighted by molar-refractivity contribution is -0.111. The maximum Gasteiger partial charge on any atom is 0.234 e. The summed E-state index contributed by atoms with van der Waals surface area (Å²) < 4.78 is 5.98. The van der Waals surface area contributed by atoms with E-state index in [1.165, 1.54) is 0 Å². The first-order valence-corrected chi connectivity index (χ1v) is 7.92. The van der Waals surface area contributed by atoms with Gasteiger partial charge in [0.2, 0.25) is 11.6 Å². The van der Waals surface area contributed by atoms with Gasteiger partial charge in [0.1, 0.15) is 5.76 Å². The van der Waals surface area contributed by atoms with Gasteiger partial charge in [-0.2, -0.15) is 0 Å². The van der Waals surface area contributed by atoms with E-state index in [1.54, 1.807) is 23.9 Å². The number of thioether (sulfide) groups is 1. The third-order valence-corrected chi connectivity index (χ3v) is 4.87. The average molecular weight is 308 g/mol. The van der Waals surface area contributed by atoms with Crippen LogP contribution in [-0.4, -0.2) is 17.0 Å². The van der Waals surface area contributed by atoms with Gasteiger partial charge in [-0.05, 0) is 12.1 Å². The van der Waals surface area contributed by atoms with E-state index in [2.05, 4.69) is 0 Å². The molecule has 0 N–H and O–H groups in total. The largest absolute Gasteiger partial charge is 0.478 e. The van der Waals surface area contributed by atoms with E-state index < -0.39 is 11.6 Å². The highest BCUT2D eigenvalue weighted by Gasteiger charge is 2.40. The van der Waals surface area contributed by atoms with Crippen LogP contribution < -0.4 is 0 Å². The first-order valence-electron chi connectivity index (χ1n) is 7.04. The molecule has 22 heavy (non-hydrogen) atoms. The molecule has 0 amide bonds. The Labute approximate surface area is 132 Å². The third kappa shape index (κ3) is 2.07. The van der Waals surface area contributed by atoms with Gasteiger partial charge in [-0.1, -0.05) is 54.2 Å². The zero-order valence-corrected chi connectivity index (χ0v) is 12.4. The second kappa shape index (κ2) is 5.14. The fourth-order valence-electron chi connectivity index (χ4n) is 2.78. The minimum absolute atomic E-state index is 0.171. The summed E-state index contributed by atoms with van der Waals surface area (Å²) in [4.78, 5) is 25.5. The molecule has 0 aromatic heterocycles. The number of carbonyl (C=O) groups is 2. The Bertz CT molecular complexity index is 808. The smallest absolute Gasteiger partial charge is 0.234 e. The van der Waals surface area contributed by atoms with Crippen LogP contribution in [0.1, 0.15) is 22.3 Å². The summed E-state index contributed by atoms with van der Waals surface area (Å²) >= 11 is 1.57. The summed E-state index contributed by atoms with van der Waals surface area (Å²) in [5, 5.41) is 0.